The summed E-state index contributed by atoms with van der Waals surface area (Å²) < 4.78 is 7.30. The normalized spacial score (nSPS) is 26.8. The van der Waals surface area contributed by atoms with E-state index in [1.54, 1.807) is 7.11 Å². The molecule has 0 aliphatic heterocycles. The van der Waals surface area contributed by atoms with Crippen LogP contribution in [0.15, 0.2) is 12.4 Å². The highest BCUT2D eigenvalue weighted by molar-refractivity contribution is 5.28. The van der Waals surface area contributed by atoms with Gasteiger partial charge in [0.1, 0.15) is 0 Å². The van der Waals surface area contributed by atoms with Gasteiger partial charge < -0.3 is 14.6 Å². The first-order chi connectivity index (χ1) is 9.26. The van der Waals surface area contributed by atoms with Crippen LogP contribution in [0.3, 0.4) is 0 Å². The largest absolute Gasteiger partial charge is 0.385 e. The zero-order valence-corrected chi connectivity index (χ0v) is 12.4. The molecule has 1 aliphatic carbocycles. The summed E-state index contributed by atoms with van der Waals surface area (Å²) in [5.41, 5.74) is 0. The average molecular weight is 265 g/mol. The Balaban J connectivity index is 1.90. The van der Waals surface area contributed by atoms with Crippen LogP contribution < -0.4 is 5.32 Å². The van der Waals surface area contributed by atoms with Gasteiger partial charge in [0.05, 0.1) is 0 Å². The van der Waals surface area contributed by atoms with Crippen molar-refractivity contribution in [2.45, 2.75) is 52.1 Å². The maximum Gasteiger partial charge on any atom is 0.202 e. The molecule has 1 saturated carbocycles. The van der Waals surface area contributed by atoms with Crippen molar-refractivity contribution in [2.24, 2.45) is 11.8 Å². The Hall–Kier alpha value is -1.03. The molecule has 4 heteroatoms. The van der Waals surface area contributed by atoms with E-state index in [4.69, 9.17) is 4.74 Å². The summed E-state index contributed by atoms with van der Waals surface area (Å²) in [5.74, 6) is 2.63. The molecular weight excluding hydrogens is 238 g/mol. The third-order valence-corrected chi connectivity index (χ3v) is 4.53. The molecule has 0 bridgehead atoms. The Morgan fingerprint density at radius 1 is 1.47 bits per heavy atom. The number of methoxy groups -OCH3 is 1. The molecule has 0 amide bonds. The van der Waals surface area contributed by atoms with Crippen molar-refractivity contribution in [1.29, 1.82) is 0 Å². The van der Waals surface area contributed by atoms with E-state index in [2.05, 4.69) is 34.9 Å². The summed E-state index contributed by atoms with van der Waals surface area (Å²) in [6.07, 6.45) is 8.87. The van der Waals surface area contributed by atoms with Crippen molar-refractivity contribution in [3.8, 4) is 0 Å². The number of nitrogens with one attached hydrogen (secondary N) is 1. The van der Waals surface area contributed by atoms with Crippen LogP contribution in [0.25, 0.3) is 0 Å². The van der Waals surface area contributed by atoms with E-state index < -0.39 is 0 Å². The SMILES string of the molecule is CCC1CCC(Nc2nccn2CCCOC)C1C. The topological polar surface area (TPSA) is 39.1 Å². The van der Waals surface area contributed by atoms with Crippen molar-refractivity contribution >= 4 is 5.95 Å². The van der Waals surface area contributed by atoms with Gasteiger partial charge in [0, 0.05) is 38.7 Å². The first kappa shape index (κ1) is 14.4. The lowest BCUT2D eigenvalue weighted by Gasteiger charge is -2.22. The number of nitrogens with zero attached hydrogens (tertiary/aromatic N) is 2. The van der Waals surface area contributed by atoms with Gasteiger partial charge in [-0.2, -0.15) is 0 Å². The van der Waals surface area contributed by atoms with Crippen molar-refractivity contribution in [2.75, 3.05) is 19.0 Å². The van der Waals surface area contributed by atoms with Crippen LogP contribution in [0.2, 0.25) is 0 Å². The van der Waals surface area contributed by atoms with Gasteiger partial charge in [-0.05, 0) is 31.1 Å². The third kappa shape index (κ3) is 3.50. The molecule has 0 spiro atoms. The highest BCUT2D eigenvalue weighted by Gasteiger charge is 2.31. The molecule has 3 atom stereocenters. The molecule has 1 heterocycles. The number of anilines is 1. The summed E-state index contributed by atoms with van der Waals surface area (Å²) in [5, 5.41) is 3.64. The fourth-order valence-corrected chi connectivity index (χ4v) is 3.20. The van der Waals surface area contributed by atoms with E-state index >= 15 is 0 Å². The molecule has 3 unspecified atom stereocenters. The van der Waals surface area contributed by atoms with Gasteiger partial charge in [0.2, 0.25) is 5.95 Å². The fraction of sp³-hybridized carbons (Fsp3) is 0.800. The highest BCUT2D eigenvalue weighted by Crippen LogP contribution is 2.35. The van der Waals surface area contributed by atoms with E-state index in [9.17, 15) is 0 Å². The minimum atomic E-state index is 0.577. The van der Waals surface area contributed by atoms with Crippen LogP contribution >= 0.6 is 0 Å². The van der Waals surface area contributed by atoms with Gasteiger partial charge in [-0.1, -0.05) is 20.3 Å². The van der Waals surface area contributed by atoms with E-state index in [1.807, 2.05) is 6.20 Å². The summed E-state index contributed by atoms with van der Waals surface area (Å²) in [6.45, 7) is 6.44. The Kier molecular flexibility index (Phi) is 5.25. The number of aryl methyl sites for hydroxylation is 1. The lowest BCUT2D eigenvalue weighted by molar-refractivity contribution is 0.190. The Bertz CT molecular complexity index is 377. The molecule has 1 N–H and O–H groups in total. The smallest absolute Gasteiger partial charge is 0.202 e. The summed E-state index contributed by atoms with van der Waals surface area (Å²) in [7, 11) is 1.75. The number of imidazole rings is 1. The number of hydrogen-bond donors (Lipinski definition) is 1. The molecule has 0 aromatic carbocycles. The lowest BCUT2D eigenvalue weighted by Crippen LogP contribution is -2.26. The fourth-order valence-electron chi connectivity index (χ4n) is 3.20. The monoisotopic (exact) mass is 265 g/mol. The maximum atomic E-state index is 5.10. The molecule has 1 aromatic rings. The van der Waals surface area contributed by atoms with Crippen LogP contribution in [-0.2, 0) is 11.3 Å². The minimum Gasteiger partial charge on any atom is -0.385 e. The minimum absolute atomic E-state index is 0.577. The van der Waals surface area contributed by atoms with E-state index in [0.717, 1.165) is 37.4 Å². The molecule has 1 aliphatic rings. The standard InChI is InChI=1S/C15H27N3O/c1-4-13-6-7-14(12(13)2)17-15-16-8-10-18(15)9-5-11-19-3/h8,10,12-14H,4-7,9,11H2,1-3H3,(H,16,17). The van der Waals surface area contributed by atoms with Crippen molar-refractivity contribution < 1.29 is 4.74 Å². The molecule has 1 fully saturated rings. The predicted octanol–water partition coefficient (Wildman–Crippen LogP) is 3.16. The Morgan fingerprint density at radius 2 is 2.32 bits per heavy atom. The van der Waals surface area contributed by atoms with E-state index in [1.165, 1.54) is 19.3 Å². The zero-order valence-electron chi connectivity index (χ0n) is 12.4. The summed E-state index contributed by atoms with van der Waals surface area (Å²) >= 11 is 0. The van der Waals surface area contributed by atoms with Crippen LogP contribution in [0, 0.1) is 11.8 Å². The number of hydrogen-bond acceptors (Lipinski definition) is 3. The second-order valence-electron chi connectivity index (χ2n) is 5.65. The van der Waals surface area contributed by atoms with Crippen molar-refractivity contribution in [1.82, 2.24) is 9.55 Å². The molecule has 4 nitrogen and oxygen atoms in total. The molecule has 2 rings (SSSR count). The van der Waals surface area contributed by atoms with Crippen LogP contribution in [0.5, 0.6) is 0 Å². The average Bonchev–Trinajstić information content (AvgIpc) is 2.99. The van der Waals surface area contributed by atoms with Gasteiger partial charge in [-0.3, -0.25) is 0 Å². The molecular formula is C15H27N3O. The van der Waals surface area contributed by atoms with E-state index in [0.29, 0.717) is 6.04 Å². The molecule has 19 heavy (non-hydrogen) atoms. The van der Waals surface area contributed by atoms with Crippen LogP contribution in [-0.4, -0.2) is 29.3 Å². The number of rotatable bonds is 7. The number of ether oxygens (including phenoxy) is 1. The highest BCUT2D eigenvalue weighted by atomic mass is 16.5. The number of aromatic nitrogens is 2. The quantitative estimate of drug-likeness (QED) is 0.770. The van der Waals surface area contributed by atoms with Crippen molar-refractivity contribution in [3.63, 3.8) is 0 Å². The Labute approximate surface area is 116 Å². The third-order valence-electron chi connectivity index (χ3n) is 4.53. The molecule has 0 radical (unpaired) electrons. The van der Waals surface area contributed by atoms with Gasteiger partial charge in [0.15, 0.2) is 0 Å². The van der Waals surface area contributed by atoms with E-state index in [-0.39, 0.29) is 0 Å². The van der Waals surface area contributed by atoms with Gasteiger partial charge in [0.25, 0.3) is 0 Å². The maximum absolute atomic E-state index is 5.10. The molecule has 0 saturated heterocycles. The van der Waals surface area contributed by atoms with Crippen LogP contribution in [0.4, 0.5) is 5.95 Å². The van der Waals surface area contributed by atoms with Gasteiger partial charge >= 0.3 is 0 Å². The second-order valence-corrected chi connectivity index (χ2v) is 5.65. The molecule has 108 valence electrons. The first-order valence-electron chi connectivity index (χ1n) is 7.52. The van der Waals surface area contributed by atoms with Gasteiger partial charge in [-0.15, -0.1) is 0 Å². The summed E-state index contributed by atoms with van der Waals surface area (Å²) in [4.78, 5) is 4.45. The van der Waals surface area contributed by atoms with Crippen molar-refractivity contribution in [3.05, 3.63) is 12.4 Å². The Morgan fingerprint density at radius 3 is 3.00 bits per heavy atom. The first-order valence-corrected chi connectivity index (χ1v) is 7.52. The predicted molar refractivity (Wildman–Crippen MR) is 78.3 cm³/mol. The van der Waals surface area contributed by atoms with Crippen LogP contribution in [0.1, 0.15) is 39.5 Å². The van der Waals surface area contributed by atoms with Gasteiger partial charge in [-0.25, -0.2) is 4.98 Å². The zero-order chi connectivity index (χ0) is 13.7. The molecule has 1 aromatic heterocycles. The summed E-state index contributed by atoms with van der Waals surface area (Å²) in [6, 6.07) is 0.577. The second kappa shape index (κ2) is 6.94. The lowest BCUT2D eigenvalue weighted by atomic mass is 9.94.